The minimum absolute atomic E-state index is 0.124. The number of primary amides is 1. The number of nitrogens with two attached hydrogens (primary N) is 1. The molecular formula is C14H20N2O2. The van der Waals surface area contributed by atoms with Crippen LogP contribution in [0.5, 0.6) is 0 Å². The average Bonchev–Trinajstić information content (AvgIpc) is 2.34. The number of carbonyl (C=O) groups is 1. The molecule has 1 aromatic carbocycles. The number of anilines is 1. The van der Waals surface area contributed by atoms with E-state index in [9.17, 15) is 9.90 Å². The minimum atomic E-state index is -0.308. The molecule has 4 heteroatoms. The molecule has 1 fully saturated rings. The maximum absolute atomic E-state index is 10.8. The molecule has 4 N–H and O–H groups in total. The van der Waals surface area contributed by atoms with Gasteiger partial charge in [-0.15, -0.1) is 0 Å². The van der Waals surface area contributed by atoms with Gasteiger partial charge in [0, 0.05) is 11.7 Å². The number of benzene rings is 1. The Morgan fingerprint density at radius 1 is 1.22 bits per heavy atom. The van der Waals surface area contributed by atoms with E-state index in [1.165, 1.54) is 0 Å². The summed E-state index contributed by atoms with van der Waals surface area (Å²) in [6.07, 6.45) is 3.92. The van der Waals surface area contributed by atoms with Crippen molar-refractivity contribution in [3.05, 3.63) is 29.8 Å². The molecule has 1 aliphatic carbocycles. The maximum atomic E-state index is 10.8. The Kier molecular flexibility index (Phi) is 4.20. The van der Waals surface area contributed by atoms with Crippen molar-refractivity contribution in [2.75, 3.05) is 5.32 Å². The largest absolute Gasteiger partial charge is 0.393 e. The first kappa shape index (κ1) is 12.9. The van der Waals surface area contributed by atoms with Gasteiger partial charge >= 0.3 is 0 Å². The Morgan fingerprint density at radius 3 is 2.39 bits per heavy atom. The fourth-order valence-electron chi connectivity index (χ4n) is 2.38. The van der Waals surface area contributed by atoms with Crippen LogP contribution >= 0.6 is 0 Å². The highest BCUT2D eigenvalue weighted by Gasteiger charge is 2.18. The van der Waals surface area contributed by atoms with Crippen molar-refractivity contribution in [2.24, 2.45) is 5.73 Å². The highest BCUT2D eigenvalue weighted by atomic mass is 16.3. The van der Waals surface area contributed by atoms with Gasteiger partial charge < -0.3 is 16.2 Å². The lowest BCUT2D eigenvalue weighted by atomic mass is 9.93. The summed E-state index contributed by atoms with van der Waals surface area (Å²) < 4.78 is 0. The number of rotatable bonds is 4. The Hall–Kier alpha value is -1.55. The highest BCUT2D eigenvalue weighted by molar-refractivity contribution is 5.76. The molecule has 0 bridgehead atoms. The fraction of sp³-hybridized carbons (Fsp3) is 0.500. The number of carbonyl (C=O) groups excluding carboxylic acids is 1. The van der Waals surface area contributed by atoms with E-state index in [1.54, 1.807) is 0 Å². The molecule has 0 aromatic heterocycles. The monoisotopic (exact) mass is 248 g/mol. The molecule has 1 aromatic rings. The summed E-state index contributed by atoms with van der Waals surface area (Å²) in [5.41, 5.74) is 7.14. The lowest BCUT2D eigenvalue weighted by molar-refractivity contribution is -0.117. The van der Waals surface area contributed by atoms with Crippen molar-refractivity contribution in [3.63, 3.8) is 0 Å². The van der Waals surface area contributed by atoms with Crippen LogP contribution in [0.15, 0.2) is 24.3 Å². The molecule has 18 heavy (non-hydrogen) atoms. The van der Waals surface area contributed by atoms with Crippen molar-refractivity contribution in [2.45, 2.75) is 44.2 Å². The molecule has 1 aliphatic rings. The summed E-state index contributed by atoms with van der Waals surface area (Å²) in [5, 5.41) is 12.9. The molecule has 1 amide bonds. The number of hydrogen-bond donors (Lipinski definition) is 3. The van der Waals surface area contributed by atoms with E-state index in [-0.39, 0.29) is 18.4 Å². The van der Waals surface area contributed by atoms with Crippen LogP contribution in [0.25, 0.3) is 0 Å². The molecule has 98 valence electrons. The smallest absolute Gasteiger partial charge is 0.221 e. The zero-order chi connectivity index (χ0) is 13.0. The molecule has 0 saturated heterocycles. The van der Waals surface area contributed by atoms with E-state index in [2.05, 4.69) is 5.32 Å². The van der Waals surface area contributed by atoms with Crippen LogP contribution in [0.1, 0.15) is 31.2 Å². The van der Waals surface area contributed by atoms with Gasteiger partial charge in [0.25, 0.3) is 0 Å². The zero-order valence-corrected chi connectivity index (χ0v) is 10.4. The van der Waals surface area contributed by atoms with Crippen molar-refractivity contribution in [3.8, 4) is 0 Å². The normalized spacial score (nSPS) is 23.6. The molecule has 0 aliphatic heterocycles. The first-order valence-electron chi connectivity index (χ1n) is 6.45. The van der Waals surface area contributed by atoms with Crippen LogP contribution in [-0.4, -0.2) is 23.2 Å². The third-order valence-electron chi connectivity index (χ3n) is 3.40. The van der Waals surface area contributed by atoms with Gasteiger partial charge in [-0.25, -0.2) is 0 Å². The van der Waals surface area contributed by atoms with Crippen molar-refractivity contribution >= 4 is 11.6 Å². The number of hydrogen-bond acceptors (Lipinski definition) is 3. The van der Waals surface area contributed by atoms with Gasteiger partial charge in [-0.2, -0.15) is 0 Å². The summed E-state index contributed by atoms with van der Waals surface area (Å²) in [6, 6.07) is 8.23. The first-order valence-corrected chi connectivity index (χ1v) is 6.45. The lowest BCUT2D eigenvalue weighted by Gasteiger charge is -2.27. The topological polar surface area (TPSA) is 75.4 Å². The summed E-state index contributed by atoms with van der Waals surface area (Å²) >= 11 is 0. The number of aliphatic hydroxyl groups is 1. The van der Waals surface area contributed by atoms with Gasteiger partial charge in [-0.05, 0) is 43.4 Å². The van der Waals surface area contributed by atoms with Crippen molar-refractivity contribution < 1.29 is 9.90 Å². The molecule has 0 radical (unpaired) electrons. The Bertz CT molecular complexity index is 395. The molecular weight excluding hydrogens is 228 g/mol. The third-order valence-corrected chi connectivity index (χ3v) is 3.40. The highest BCUT2D eigenvalue weighted by Crippen LogP contribution is 2.22. The second kappa shape index (κ2) is 5.87. The molecule has 1 saturated carbocycles. The van der Waals surface area contributed by atoms with Crippen LogP contribution in [0.4, 0.5) is 5.69 Å². The van der Waals surface area contributed by atoms with E-state index in [0.717, 1.165) is 36.9 Å². The molecule has 0 heterocycles. The van der Waals surface area contributed by atoms with Crippen LogP contribution in [-0.2, 0) is 11.2 Å². The van der Waals surface area contributed by atoms with Crippen LogP contribution in [0.2, 0.25) is 0 Å². The van der Waals surface area contributed by atoms with Crippen molar-refractivity contribution in [1.82, 2.24) is 0 Å². The summed E-state index contributed by atoms with van der Waals surface area (Å²) in [4.78, 5) is 10.8. The van der Waals surface area contributed by atoms with Gasteiger partial charge in [0.05, 0.1) is 12.5 Å². The van der Waals surface area contributed by atoms with Crippen molar-refractivity contribution in [1.29, 1.82) is 0 Å². The summed E-state index contributed by atoms with van der Waals surface area (Å²) in [5.74, 6) is -0.308. The second-order valence-electron chi connectivity index (χ2n) is 4.99. The average molecular weight is 248 g/mol. The maximum Gasteiger partial charge on any atom is 0.221 e. The molecule has 0 atom stereocenters. The number of nitrogens with one attached hydrogen (secondary N) is 1. The van der Waals surface area contributed by atoms with E-state index >= 15 is 0 Å². The first-order chi connectivity index (χ1) is 8.63. The third kappa shape index (κ3) is 3.74. The fourth-order valence-corrected chi connectivity index (χ4v) is 2.38. The zero-order valence-electron chi connectivity index (χ0n) is 10.4. The van der Waals surface area contributed by atoms with E-state index in [0.29, 0.717) is 6.04 Å². The molecule has 0 unspecified atom stereocenters. The molecule has 4 nitrogen and oxygen atoms in total. The SMILES string of the molecule is NC(=O)Cc1ccc(NC2CCC(O)CC2)cc1. The molecule has 2 rings (SSSR count). The predicted molar refractivity (Wildman–Crippen MR) is 71.2 cm³/mol. The molecule has 0 spiro atoms. The Labute approximate surface area is 107 Å². The van der Waals surface area contributed by atoms with E-state index in [4.69, 9.17) is 5.73 Å². The Morgan fingerprint density at radius 2 is 1.83 bits per heavy atom. The predicted octanol–water partition coefficient (Wildman–Crippen LogP) is 1.43. The van der Waals surface area contributed by atoms with Gasteiger partial charge in [-0.3, -0.25) is 4.79 Å². The number of aliphatic hydroxyl groups excluding tert-OH is 1. The van der Waals surface area contributed by atoms with Crippen LogP contribution in [0.3, 0.4) is 0 Å². The number of amides is 1. The summed E-state index contributed by atoms with van der Waals surface area (Å²) in [7, 11) is 0. The lowest BCUT2D eigenvalue weighted by Crippen LogP contribution is -2.28. The van der Waals surface area contributed by atoms with Gasteiger partial charge in [0.15, 0.2) is 0 Å². The van der Waals surface area contributed by atoms with Crippen LogP contribution < -0.4 is 11.1 Å². The summed E-state index contributed by atoms with van der Waals surface area (Å²) in [6.45, 7) is 0. The van der Waals surface area contributed by atoms with Gasteiger partial charge in [0.1, 0.15) is 0 Å². The second-order valence-corrected chi connectivity index (χ2v) is 4.99. The van der Waals surface area contributed by atoms with Gasteiger partial charge in [0.2, 0.25) is 5.91 Å². The standard InChI is InChI=1S/C14H20N2O2/c15-14(18)9-10-1-3-11(4-2-10)16-12-5-7-13(17)8-6-12/h1-4,12-13,16-17H,5-9H2,(H2,15,18). The van der Waals surface area contributed by atoms with Crippen LogP contribution in [0, 0.1) is 0 Å². The Balaban J connectivity index is 1.88. The quantitative estimate of drug-likeness (QED) is 0.754. The van der Waals surface area contributed by atoms with Gasteiger partial charge in [-0.1, -0.05) is 12.1 Å². The minimum Gasteiger partial charge on any atom is -0.393 e. The van der Waals surface area contributed by atoms with E-state index in [1.807, 2.05) is 24.3 Å². The van der Waals surface area contributed by atoms with E-state index < -0.39 is 0 Å².